The lowest BCUT2D eigenvalue weighted by molar-refractivity contribution is 0.660. The van der Waals surface area contributed by atoms with Gasteiger partial charge in [0.1, 0.15) is 0 Å². The van der Waals surface area contributed by atoms with Crippen molar-refractivity contribution in [2.24, 2.45) is 0 Å². The van der Waals surface area contributed by atoms with Crippen LogP contribution in [0.5, 0.6) is 0 Å². The van der Waals surface area contributed by atoms with Gasteiger partial charge in [-0.05, 0) is 18.6 Å². The van der Waals surface area contributed by atoms with Gasteiger partial charge in [0.2, 0.25) is 0 Å². The van der Waals surface area contributed by atoms with Gasteiger partial charge in [-0.25, -0.2) is 0 Å². The molecule has 2 rings (SSSR count). The van der Waals surface area contributed by atoms with Crippen LogP contribution in [0.2, 0.25) is 0 Å². The molecule has 1 aromatic heterocycles. The van der Waals surface area contributed by atoms with Gasteiger partial charge in [-0.1, -0.05) is 24.3 Å². The van der Waals surface area contributed by atoms with E-state index in [1.165, 1.54) is 5.56 Å². The highest BCUT2D eigenvalue weighted by Gasteiger charge is 1.98. The van der Waals surface area contributed by atoms with Gasteiger partial charge in [0.15, 0.2) is 0 Å². The lowest BCUT2D eigenvalue weighted by Crippen LogP contribution is -1.91. The molecule has 1 aromatic carbocycles. The number of rotatable bonds is 2. The van der Waals surface area contributed by atoms with E-state index in [-0.39, 0.29) is 0 Å². The standard InChI is InChI=1S/C11H11N2/c1-2-13-9-11(8-12-13)10-6-4-3-5-7-10/h4-9H,2H2,1H3. The molecule has 0 aliphatic heterocycles. The third-order valence-corrected chi connectivity index (χ3v) is 2.01. The Morgan fingerprint density at radius 2 is 2.08 bits per heavy atom. The molecular formula is C11H11N2. The van der Waals surface area contributed by atoms with Crippen molar-refractivity contribution in [1.82, 2.24) is 9.78 Å². The molecule has 0 saturated heterocycles. The summed E-state index contributed by atoms with van der Waals surface area (Å²) in [6.07, 6.45) is 3.94. The van der Waals surface area contributed by atoms with Gasteiger partial charge >= 0.3 is 0 Å². The van der Waals surface area contributed by atoms with Gasteiger partial charge in [-0.2, -0.15) is 5.10 Å². The second kappa shape index (κ2) is 3.44. The van der Waals surface area contributed by atoms with Crippen molar-refractivity contribution in [2.75, 3.05) is 0 Å². The zero-order valence-corrected chi connectivity index (χ0v) is 7.57. The van der Waals surface area contributed by atoms with Gasteiger partial charge in [0.25, 0.3) is 0 Å². The van der Waals surface area contributed by atoms with Crippen LogP contribution in [0.3, 0.4) is 0 Å². The second-order valence-electron chi connectivity index (χ2n) is 2.87. The van der Waals surface area contributed by atoms with E-state index >= 15 is 0 Å². The fraction of sp³-hybridized carbons (Fsp3) is 0.182. The average Bonchev–Trinajstić information content (AvgIpc) is 2.67. The van der Waals surface area contributed by atoms with Crippen LogP contribution in [0.15, 0.2) is 36.7 Å². The SMILES string of the molecule is CCn1cc(-c2cc[c]cc2)cn1. The van der Waals surface area contributed by atoms with Crippen LogP contribution in [0.4, 0.5) is 0 Å². The molecule has 0 aliphatic carbocycles. The first-order chi connectivity index (χ1) is 6.40. The van der Waals surface area contributed by atoms with E-state index in [1.54, 1.807) is 0 Å². The number of aryl methyl sites for hydroxylation is 1. The summed E-state index contributed by atoms with van der Waals surface area (Å²) in [6.45, 7) is 2.99. The van der Waals surface area contributed by atoms with E-state index in [1.807, 2.05) is 35.1 Å². The minimum atomic E-state index is 0.916. The Labute approximate surface area is 77.8 Å². The first-order valence-corrected chi connectivity index (χ1v) is 4.39. The Morgan fingerprint density at radius 1 is 1.31 bits per heavy atom. The highest BCUT2D eigenvalue weighted by Crippen LogP contribution is 2.16. The summed E-state index contributed by atoms with van der Waals surface area (Å²) in [4.78, 5) is 0. The minimum Gasteiger partial charge on any atom is -0.272 e. The Hall–Kier alpha value is -1.57. The number of hydrogen-bond acceptors (Lipinski definition) is 1. The van der Waals surface area contributed by atoms with E-state index in [9.17, 15) is 0 Å². The van der Waals surface area contributed by atoms with Crippen molar-refractivity contribution in [3.8, 4) is 11.1 Å². The van der Waals surface area contributed by atoms with Gasteiger partial charge in [-0.15, -0.1) is 0 Å². The maximum absolute atomic E-state index is 4.22. The molecule has 1 radical (unpaired) electrons. The number of benzene rings is 1. The molecule has 0 N–H and O–H groups in total. The van der Waals surface area contributed by atoms with Gasteiger partial charge in [0.05, 0.1) is 6.20 Å². The maximum atomic E-state index is 4.22. The monoisotopic (exact) mass is 171 g/mol. The van der Waals surface area contributed by atoms with Gasteiger partial charge in [0, 0.05) is 18.3 Å². The lowest BCUT2D eigenvalue weighted by Gasteiger charge is -1.94. The normalized spacial score (nSPS) is 10.2. The molecule has 13 heavy (non-hydrogen) atoms. The van der Waals surface area contributed by atoms with Crippen molar-refractivity contribution in [1.29, 1.82) is 0 Å². The quantitative estimate of drug-likeness (QED) is 0.678. The molecule has 1 heterocycles. The van der Waals surface area contributed by atoms with Gasteiger partial charge < -0.3 is 0 Å². The molecule has 2 heteroatoms. The molecule has 0 amide bonds. The van der Waals surface area contributed by atoms with Crippen LogP contribution in [0.25, 0.3) is 11.1 Å². The zero-order valence-electron chi connectivity index (χ0n) is 7.57. The minimum absolute atomic E-state index is 0.916. The molecule has 65 valence electrons. The predicted molar refractivity (Wildman–Crippen MR) is 52.2 cm³/mol. The van der Waals surface area contributed by atoms with Crippen LogP contribution in [0, 0.1) is 6.07 Å². The van der Waals surface area contributed by atoms with Crippen LogP contribution < -0.4 is 0 Å². The summed E-state index contributed by atoms with van der Waals surface area (Å²) in [5.41, 5.74) is 2.36. The zero-order chi connectivity index (χ0) is 9.10. The van der Waals surface area contributed by atoms with E-state index in [0.717, 1.165) is 12.1 Å². The summed E-state index contributed by atoms with van der Waals surface area (Å²) in [5, 5.41) is 4.22. The smallest absolute Gasteiger partial charge is 0.0568 e. The summed E-state index contributed by atoms with van der Waals surface area (Å²) in [6, 6.07) is 10.9. The summed E-state index contributed by atoms with van der Waals surface area (Å²) in [5.74, 6) is 0. The Morgan fingerprint density at radius 3 is 2.69 bits per heavy atom. The molecule has 0 fully saturated rings. The average molecular weight is 171 g/mol. The highest BCUT2D eigenvalue weighted by atomic mass is 15.3. The Balaban J connectivity index is 2.36. The lowest BCUT2D eigenvalue weighted by atomic mass is 10.1. The maximum Gasteiger partial charge on any atom is 0.0568 e. The number of hydrogen-bond donors (Lipinski definition) is 0. The van der Waals surface area contributed by atoms with E-state index < -0.39 is 0 Å². The fourth-order valence-corrected chi connectivity index (χ4v) is 1.26. The number of aromatic nitrogens is 2. The van der Waals surface area contributed by atoms with Crippen molar-refractivity contribution in [3.05, 3.63) is 42.7 Å². The van der Waals surface area contributed by atoms with Crippen molar-refractivity contribution in [3.63, 3.8) is 0 Å². The predicted octanol–water partition coefficient (Wildman–Crippen LogP) is 2.37. The third kappa shape index (κ3) is 1.61. The van der Waals surface area contributed by atoms with Gasteiger partial charge in [-0.3, -0.25) is 4.68 Å². The van der Waals surface area contributed by atoms with Crippen molar-refractivity contribution in [2.45, 2.75) is 13.5 Å². The molecule has 0 saturated carbocycles. The largest absolute Gasteiger partial charge is 0.272 e. The van der Waals surface area contributed by atoms with Crippen molar-refractivity contribution >= 4 is 0 Å². The molecule has 0 unspecified atom stereocenters. The first-order valence-electron chi connectivity index (χ1n) is 4.39. The Kier molecular flexibility index (Phi) is 2.13. The van der Waals surface area contributed by atoms with E-state index in [4.69, 9.17) is 0 Å². The molecule has 0 aliphatic rings. The van der Waals surface area contributed by atoms with Crippen LogP contribution >= 0.6 is 0 Å². The highest BCUT2D eigenvalue weighted by molar-refractivity contribution is 5.61. The van der Waals surface area contributed by atoms with Crippen LogP contribution in [0.1, 0.15) is 6.92 Å². The second-order valence-corrected chi connectivity index (χ2v) is 2.87. The summed E-state index contributed by atoms with van der Waals surface area (Å²) in [7, 11) is 0. The third-order valence-electron chi connectivity index (χ3n) is 2.01. The van der Waals surface area contributed by atoms with E-state index in [0.29, 0.717) is 0 Å². The molecular weight excluding hydrogens is 160 g/mol. The van der Waals surface area contributed by atoms with E-state index in [2.05, 4.69) is 24.3 Å². The Bertz CT molecular complexity index is 376. The summed E-state index contributed by atoms with van der Waals surface area (Å²) < 4.78 is 1.92. The molecule has 0 spiro atoms. The fourth-order valence-electron chi connectivity index (χ4n) is 1.26. The molecule has 2 aromatic rings. The topological polar surface area (TPSA) is 17.8 Å². The van der Waals surface area contributed by atoms with Crippen LogP contribution in [-0.4, -0.2) is 9.78 Å². The molecule has 0 bridgehead atoms. The summed E-state index contributed by atoms with van der Waals surface area (Å²) >= 11 is 0. The van der Waals surface area contributed by atoms with Crippen molar-refractivity contribution < 1.29 is 0 Å². The molecule has 2 nitrogen and oxygen atoms in total. The first kappa shape index (κ1) is 8.05. The van der Waals surface area contributed by atoms with Crippen LogP contribution in [-0.2, 0) is 6.54 Å². The number of nitrogens with zero attached hydrogens (tertiary/aromatic N) is 2. The molecule has 0 atom stereocenters.